The van der Waals surface area contributed by atoms with Crippen LogP contribution in [0.2, 0.25) is 0 Å². The fourth-order valence-corrected chi connectivity index (χ4v) is 1.24. The van der Waals surface area contributed by atoms with Crippen molar-refractivity contribution in [1.82, 2.24) is 5.32 Å². The molecule has 1 N–H and O–H groups in total. The highest BCUT2D eigenvalue weighted by Gasteiger charge is 2.19. The minimum Gasteiger partial charge on any atom is -0.358 e. The summed E-state index contributed by atoms with van der Waals surface area (Å²) in [4.78, 5) is 4.18. The van der Waals surface area contributed by atoms with Gasteiger partial charge in [0.1, 0.15) is 12.6 Å². The molecule has 0 aliphatic carbocycles. The highest BCUT2D eigenvalue weighted by molar-refractivity contribution is 5.86. The topological polar surface area (TPSA) is 33.6 Å². The second-order valence-electron chi connectivity index (χ2n) is 2.52. The van der Waals surface area contributed by atoms with Gasteiger partial charge in [-0.3, -0.25) is 0 Å². The molecule has 0 aromatic rings. The Kier molecular flexibility index (Phi) is 1.43. The molecule has 0 fully saturated rings. The Morgan fingerprint density at radius 1 is 1.70 bits per heavy atom. The summed E-state index contributed by atoms with van der Waals surface area (Å²) in [5.41, 5.74) is 0. The number of nitrogens with one attached hydrogen (secondary N) is 1. The van der Waals surface area contributed by atoms with Crippen LogP contribution in [0.25, 0.3) is 0 Å². The molecule has 2 aliphatic heterocycles. The molecule has 0 saturated carbocycles. The van der Waals surface area contributed by atoms with Crippen molar-refractivity contribution >= 4 is 5.84 Å². The average molecular weight is 138 g/mol. The zero-order valence-corrected chi connectivity index (χ0v) is 5.71. The van der Waals surface area contributed by atoms with Gasteiger partial charge in [0, 0.05) is 5.92 Å². The second-order valence-corrected chi connectivity index (χ2v) is 2.52. The predicted octanol–water partition coefficient (Wildman–Crippen LogP) is 0.496. The van der Waals surface area contributed by atoms with Crippen molar-refractivity contribution < 1.29 is 4.74 Å². The summed E-state index contributed by atoms with van der Waals surface area (Å²) in [6, 6.07) is 0. The Morgan fingerprint density at radius 2 is 2.70 bits per heavy atom. The lowest BCUT2D eigenvalue weighted by molar-refractivity contribution is 0.110. The lowest BCUT2D eigenvalue weighted by Crippen LogP contribution is -2.36. The van der Waals surface area contributed by atoms with Crippen molar-refractivity contribution in [2.45, 2.75) is 6.42 Å². The normalized spacial score (nSPS) is 30.4. The first kappa shape index (κ1) is 5.92. The van der Waals surface area contributed by atoms with Gasteiger partial charge < -0.3 is 10.1 Å². The van der Waals surface area contributed by atoms with E-state index in [0.717, 1.165) is 18.9 Å². The molecule has 2 heterocycles. The Hall–Kier alpha value is -0.830. The molecule has 0 bridgehead atoms. The number of fused-ring (bicyclic) bond motifs is 1. The van der Waals surface area contributed by atoms with Crippen molar-refractivity contribution in [2.75, 3.05) is 13.3 Å². The summed E-state index contributed by atoms with van der Waals surface area (Å²) in [6.45, 7) is 1.34. The van der Waals surface area contributed by atoms with E-state index in [0.29, 0.717) is 12.6 Å². The standard InChI is InChI=1S/C7H10N2O/c1-2-6-4-10-5-9-7(6)8-3-1/h1,3,6H,2,4-5H2,(H,8,9). The molecule has 1 unspecified atom stereocenters. The molecule has 54 valence electrons. The van der Waals surface area contributed by atoms with E-state index in [1.54, 1.807) is 0 Å². The van der Waals surface area contributed by atoms with Crippen LogP contribution < -0.4 is 5.32 Å². The number of aliphatic imine (C=N–C) groups is 1. The first-order valence-electron chi connectivity index (χ1n) is 3.50. The van der Waals surface area contributed by atoms with Crippen LogP contribution in [-0.4, -0.2) is 19.2 Å². The molecule has 0 radical (unpaired) electrons. The van der Waals surface area contributed by atoms with Gasteiger partial charge in [-0.15, -0.1) is 0 Å². The molecule has 0 amide bonds. The largest absolute Gasteiger partial charge is 0.358 e. The molecule has 0 spiro atoms. The number of amidine groups is 1. The van der Waals surface area contributed by atoms with E-state index in [4.69, 9.17) is 4.74 Å². The third-order valence-electron chi connectivity index (χ3n) is 1.80. The maximum absolute atomic E-state index is 5.18. The lowest BCUT2D eigenvalue weighted by atomic mass is 10.0. The van der Waals surface area contributed by atoms with Gasteiger partial charge in [0.05, 0.1) is 6.61 Å². The molecule has 0 aromatic carbocycles. The van der Waals surface area contributed by atoms with Gasteiger partial charge in [-0.05, 0) is 12.6 Å². The second kappa shape index (κ2) is 2.42. The van der Waals surface area contributed by atoms with Crippen LogP contribution in [-0.2, 0) is 4.74 Å². The predicted molar refractivity (Wildman–Crippen MR) is 38.6 cm³/mol. The molecule has 1 atom stereocenters. The highest BCUT2D eigenvalue weighted by Crippen LogP contribution is 2.13. The molecule has 2 rings (SSSR count). The molecule has 0 saturated heterocycles. The van der Waals surface area contributed by atoms with Crippen LogP contribution in [0.3, 0.4) is 0 Å². The van der Waals surface area contributed by atoms with Gasteiger partial charge in [-0.25, -0.2) is 4.99 Å². The summed E-state index contributed by atoms with van der Waals surface area (Å²) < 4.78 is 5.18. The fourth-order valence-electron chi connectivity index (χ4n) is 1.24. The maximum Gasteiger partial charge on any atom is 0.139 e. The Balaban J connectivity index is 2.17. The van der Waals surface area contributed by atoms with Crippen LogP contribution in [0.1, 0.15) is 6.42 Å². The van der Waals surface area contributed by atoms with E-state index in [1.165, 1.54) is 0 Å². The van der Waals surface area contributed by atoms with Gasteiger partial charge >= 0.3 is 0 Å². The molecular formula is C7H10N2O. The quantitative estimate of drug-likeness (QED) is 0.528. The minimum absolute atomic E-state index is 0.485. The van der Waals surface area contributed by atoms with E-state index in [-0.39, 0.29) is 0 Å². The number of allylic oxidation sites excluding steroid dienone is 1. The fraction of sp³-hybridized carbons (Fsp3) is 0.571. The Morgan fingerprint density at radius 3 is 3.60 bits per heavy atom. The third-order valence-corrected chi connectivity index (χ3v) is 1.80. The summed E-state index contributed by atoms with van der Waals surface area (Å²) in [6.07, 6.45) is 5.12. The number of rotatable bonds is 0. The average Bonchev–Trinajstić information content (AvgIpc) is 2.05. The van der Waals surface area contributed by atoms with Crippen molar-refractivity contribution in [3.63, 3.8) is 0 Å². The van der Waals surface area contributed by atoms with Crippen molar-refractivity contribution in [1.29, 1.82) is 0 Å². The summed E-state index contributed by atoms with van der Waals surface area (Å²) in [5, 5.41) is 3.11. The van der Waals surface area contributed by atoms with Gasteiger partial charge in [-0.2, -0.15) is 0 Å². The number of hydrogen-bond donors (Lipinski definition) is 1. The number of nitrogens with zero attached hydrogens (tertiary/aromatic N) is 1. The summed E-state index contributed by atoms with van der Waals surface area (Å²) in [5.74, 6) is 1.58. The van der Waals surface area contributed by atoms with Gasteiger partial charge in [0.25, 0.3) is 0 Å². The van der Waals surface area contributed by atoms with Crippen LogP contribution in [0.5, 0.6) is 0 Å². The molecule has 10 heavy (non-hydrogen) atoms. The summed E-state index contributed by atoms with van der Waals surface area (Å²) >= 11 is 0. The third kappa shape index (κ3) is 0.926. The van der Waals surface area contributed by atoms with Crippen molar-refractivity contribution in [2.24, 2.45) is 10.9 Å². The number of ether oxygens (including phenoxy) is 1. The zero-order chi connectivity index (χ0) is 6.81. The monoisotopic (exact) mass is 138 g/mol. The minimum atomic E-state index is 0.485. The highest BCUT2D eigenvalue weighted by atomic mass is 16.5. The molecular weight excluding hydrogens is 128 g/mol. The number of hydrogen-bond acceptors (Lipinski definition) is 3. The lowest BCUT2D eigenvalue weighted by Gasteiger charge is -2.24. The van der Waals surface area contributed by atoms with Crippen LogP contribution in [0, 0.1) is 5.92 Å². The Labute approximate surface area is 59.8 Å². The maximum atomic E-state index is 5.18. The van der Waals surface area contributed by atoms with Crippen LogP contribution in [0.15, 0.2) is 17.3 Å². The van der Waals surface area contributed by atoms with E-state index >= 15 is 0 Å². The van der Waals surface area contributed by atoms with Crippen molar-refractivity contribution in [3.05, 3.63) is 12.3 Å². The van der Waals surface area contributed by atoms with Crippen molar-refractivity contribution in [3.8, 4) is 0 Å². The van der Waals surface area contributed by atoms with Crippen LogP contribution in [0.4, 0.5) is 0 Å². The Bertz CT molecular complexity index is 186. The molecule has 2 aliphatic rings. The van der Waals surface area contributed by atoms with E-state index < -0.39 is 0 Å². The molecule has 3 heteroatoms. The summed E-state index contributed by atoms with van der Waals surface area (Å²) in [7, 11) is 0. The molecule has 0 aromatic heterocycles. The zero-order valence-electron chi connectivity index (χ0n) is 5.71. The first-order valence-corrected chi connectivity index (χ1v) is 3.50. The van der Waals surface area contributed by atoms with E-state index in [1.807, 2.05) is 6.20 Å². The van der Waals surface area contributed by atoms with Crippen LogP contribution >= 0.6 is 0 Å². The van der Waals surface area contributed by atoms with Gasteiger partial charge in [-0.1, -0.05) is 6.08 Å². The van der Waals surface area contributed by atoms with Gasteiger partial charge in [0.15, 0.2) is 0 Å². The van der Waals surface area contributed by atoms with E-state index in [9.17, 15) is 0 Å². The molecule has 3 nitrogen and oxygen atoms in total. The van der Waals surface area contributed by atoms with Gasteiger partial charge in [0.2, 0.25) is 0 Å². The first-order chi connectivity index (χ1) is 4.97. The van der Waals surface area contributed by atoms with E-state index in [2.05, 4.69) is 16.4 Å². The smallest absolute Gasteiger partial charge is 0.139 e. The SMILES string of the molecule is C1=CNC2=NCOCC2C1.